The van der Waals surface area contributed by atoms with E-state index in [1.165, 1.54) is 13.3 Å². The number of esters is 1. The van der Waals surface area contributed by atoms with Gasteiger partial charge in [0.1, 0.15) is 11.9 Å². The number of nitrogens with two attached hydrogens (primary N) is 1. The minimum absolute atomic E-state index is 0.335. The molecule has 3 N–H and O–H groups in total. The van der Waals surface area contributed by atoms with Crippen molar-refractivity contribution in [3.8, 4) is 0 Å². The van der Waals surface area contributed by atoms with Crippen LogP contribution in [0.15, 0.2) is 12.3 Å². The maximum Gasteiger partial charge on any atom is 0.328 e. The number of aromatic nitrogens is 1. The monoisotopic (exact) mass is 271 g/mol. The van der Waals surface area contributed by atoms with Crippen molar-refractivity contribution in [2.75, 3.05) is 18.2 Å². The molecule has 0 aliphatic rings. The van der Waals surface area contributed by atoms with E-state index in [1.807, 2.05) is 13.8 Å². The van der Waals surface area contributed by atoms with Crippen LogP contribution >= 0.6 is 11.6 Å². The quantitative estimate of drug-likeness (QED) is 0.804. The molecule has 0 spiro atoms. The molecule has 100 valence electrons. The molecule has 5 nitrogen and oxygen atoms in total. The number of anilines is 2. The van der Waals surface area contributed by atoms with Crippen LogP contribution in [0, 0.1) is 5.92 Å². The van der Waals surface area contributed by atoms with Gasteiger partial charge in [-0.25, -0.2) is 9.78 Å². The molecule has 0 bridgehead atoms. The number of pyridine rings is 1. The SMILES string of the molecule is COC(=O)C(CC(C)C)Nc1ncc(N)cc1Cl. The molecular weight excluding hydrogens is 254 g/mol. The van der Waals surface area contributed by atoms with Crippen LogP contribution in [0.3, 0.4) is 0 Å². The van der Waals surface area contributed by atoms with Gasteiger partial charge in [0.15, 0.2) is 0 Å². The van der Waals surface area contributed by atoms with Gasteiger partial charge >= 0.3 is 5.97 Å². The Kier molecular flexibility index (Phi) is 5.22. The molecular formula is C12H18ClN3O2. The van der Waals surface area contributed by atoms with Gasteiger partial charge in [-0.05, 0) is 18.4 Å². The maximum absolute atomic E-state index is 11.6. The van der Waals surface area contributed by atoms with Crippen molar-refractivity contribution >= 4 is 29.1 Å². The standard InChI is InChI=1S/C12H18ClN3O2/c1-7(2)4-10(12(17)18-3)16-11-9(13)5-8(14)6-15-11/h5-7,10H,4,14H2,1-3H3,(H,15,16). The summed E-state index contributed by atoms with van der Waals surface area (Å²) in [4.78, 5) is 15.7. The minimum atomic E-state index is -0.469. The number of carbonyl (C=O) groups is 1. The lowest BCUT2D eigenvalue weighted by Crippen LogP contribution is -2.32. The number of nitrogens with zero attached hydrogens (tertiary/aromatic N) is 1. The van der Waals surface area contributed by atoms with E-state index in [1.54, 1.807) is 6.07 Å². The number of carbonyl (C=O) groups excluding carboxylic acids is 1. The number of rotatable bonds is 5. The molecule has 0 aliphatic carbocycles. The number of hydrogen-bond acceptors (Lipinski definition) is 5. The van der Waals surface area contributed by atoms with Gasteiger partial charge in [-0.2, -0.15) is 0 Å². The molecule has 18 heavy (non-hydrogen) atoms. The largest absolute Gasteiger partial charge is 0.467 e. The van der Waals surface area contributed by atoms with E-state index < -0.39 is 6.04 Å². The van der Waals surface area contributed by atoms with E-state index >= 15 is 0 Å². The van der Waals surface area contributed by atoms with Crippen molar-refractivity contribution in [1.82, 2.24) is 4.98 Å². The number of nitrogen functional groups attached to an aromatic ring is 1. The summed E-state index contributed by atoms with van der Waals surface area (Å²) in [6, 6.07) is 1.12. The van der Waals surface area contributed by atoms with Crippen molar-refractivity contribution in [1.29, 1.82) is 0 Å². The summed E-state index contributed by atoms with van der Waals surface area (Å²) >= 11 is 6.00. The maximum atomic E-state index is 11.6. The Bertz CT molecular complexity index is 424. The topological polar surface area (TPSA) is 77.2 Å². The average Bonchev–Trinajstić information content (AvgIpc) is 2.30. The Morgan fingerprint density at radius 3 is 2.78 bits per heavy atom. The first kappa shape index (κ1) is 14.6. The second kappa shape index (κ2) is 6.44. The fourth-order valence-electron chi connectivity index (χ4n) is 1.55. The fraction of sp³-hybridized carbons (Fsp3) is 0.500. The smallest absolute Gasteiger partial charge is 0.328 e. The number of ether oxygens (including phenoxy) is 1. The third-order valence-corrected chi connectivity index (χ3v) is 2.65. The summed E-state index contributed by atoms with van der Waals surface area (Å²) in [7, 11) is 1.36. The van der Waals surface area contributed by atoms with Crippen molar-refractivity contribution in [2.45, 2.75) is 26.3 Å². The zero-order valence-corrected chi connectivity index (χ0v) is 11.5. The fourth-order valence-corrected chi connectivity index (χ4v) is 1.78. The van der Waals surface area contributed by atoms with Crippen molar-refractivity contribution in [3.05, 3.63) is 17.3 Å². The van der Waals surface area contributed by atoms with E-state index in [0.717, 1.165) is 0 Å². The van der Waals surface area contributed by atoms with Gasteiger partial charge in [-0.3, -0.25) is 0 Å². The Labute approximate surface area is 112 Å². The lowest BCUT2D eigenvalue weighted by atomic mass is 10.0. The molecule has 1 atom stereocenters. The summed E-state index contributed by atoms with van der Waals surface area (Å²) in [6.45, 7) is 4.05. The van der Waals surface area contributed by atoms with Gasteiger partial charge < -0.3 is 15.8 Å². The minimum Gasteiger partial charge on any atom is -0.467 e. The zero-order chi connectivity index (χ0) is 13.7. The Morgan fingerprint density at radius 1 is 1.61 bits per heavy atom. The third-order valence-electron chi connectivity index (χ3n) is 2.37. The van der Waals surface area contributed by atoms with Gasteiger partial charge in [0, 0.05) is 0 Å². The highest BCUT2D eigenvalue weighted by Gasteiger charge is 2.21. The zero-order valence-electron chi connectivity index (χ0n) is 10.7. The van der Waals surface area contributed by atoms with Crippen LogP contribution in [0.25, 0.3) is 0 Å². The van der Waals surface area contributed by atoms with Gasteiger partial charge in [-0.1, -0.05) is 25.4 Å². The molecule has 1 heterocycles. The molecule has 1 unspecified atom stereocenters. The summed E-state index contributed by atoms with van der Waals surface area (Å²) in [6.07, 6.45) is 2.12. The summed E-state index contributed by atoms with van der Waals surface area (Å²) in [5, 5.41) is 3.37. The lowest BCUT2D eigenvalue weighted by Gasteiger charge is -2.19. The predicted octanol–water partition coefficient (Wildman–Crippen LogP) is 2.32. The predicted molar refractivity (Wildman–Crippen MR) is 72.5 cm³/mol. The molecule has 0 aromatic carbocycles. The third kappa shape index (κ3) is 4.07. The van der Waals surface area contributed by atoms with Crippen LogP contribution in [0.4, 0.5) is 11.5 Å². The summed E-state index contributed by atoms with van der Waals surface area (Å²) < 4.78 is 4.75. The Balaban J connectivity index is 2.85. The molecule has 0 radical (unpaired) electrons. The Morgan fingerprint density at radius 2 is 2.28 bits per heavy atom. The summed E-state index contributed by atoms with van der Waals surface area (Å²) in [5.74, 6) is 0.439. The number of hydrogen-bond donors (Lipinski definition) is 2. The first-order valence-corrected chi connectivity index (χ1v) is 6.07. The molecule has 1 aromatic heterocycles. The molecule has 0 saturated carbocycles. The highest BCUT2D eigenvalue weighted by Crippen LogP contribution is 2.23. The highest BCUT2D eigenvalue weighted by atomic mass is 35.5. The van der Waals surface area contributed by atoms with Gasteiger partial charge in [0.2, 0.25) is 0 Å². The van der Waals surface area contributed by atoms with Crippen LogP contribution in [-0.2, 0) is 9.53 Å². The van der Waals surface area contributed by atoms with Crippen LogP contribution in [0.5, 0.6) is 0 Å². The molecule has 0 aliphatic heterocycles. The molecule has 1 rings (SSSR count). The molecule has 0 amide bonds. The van der Waals surface area contributed by atoms with Crippen LogP contribution < -0.4 is 11.1 Å². The van der Waals surface area contributed by atoms with Gasteiger partial charge in [0.25, 0.3) is 0 Å². The lowest BCUT2D eigenvalue weighted by molar-refractivity contribution is -0.141. The summed E-state index contributed by atoms with van der Waals surface area (Å²) in [5.41, 5.74) is 6.03. The first-order chi connectivity index (χ1) is 8.43. The Hall–Kier alpha value is -1.49. The van der Waals surface area contributed by atoms with E-state index in [0.29, 0.717) is 28.9 Å². The van der Waals surface area contributed by atoms with Crippen molar-refractivity contribution < 1.29 is 9.53 Å². The second-order valence-electron chi connectivity index (χ2n) is 4.45. The highest BCUT2D eigenvalue weighted by molar-refractivity contribution is 6.33. The number of halogens is 1. The molecule has 6 heteroatoms. The normalized spacial score (nSPS) is 12.3. The van der Waals surface area contributed by atoms with Crippen LogP contribution in [-0.4, -0.2) is 24.1 Å². The average molecular weight is 272 g/mol. The first-order valence-electron chi connectivity index (χ1n) is 5.69. The van der Waals surface area contributed by atoms with E-state index in [-0.39, 0.29) is 5.97 Å². The van der Waals surface area contributed by atoms with Crippen molar-refractivity contribution in [3.63, 3.8) is 0 Å². The molecule has 0 saturated heterocycles. The second-order valence-corrected chi connectivity index (χ2v) is 4.86. The van der Waals surface area contributed by atoms with E-state index in [9.17, 15) is 4.79 Å². The van der Waals surface area contributed by atoms with E-state index in [2.05, 4.69) is 10.3 Å². The molecule has 1 aromatic rings. The van der Waals surface area contributed by atoms with Crippen molar-refractivity contribution in [2.24, 2.45) is 5.92 Å². The van der Waals surface area contributed by atoms with Crippen LogP contribution in [0.2, 0.25) is 5.02 Å². The van der Waals surface area contributed by atoms with Gasteiger partial charge in [0.05, 0.1) is 24.0 Å². The molecule has 0 fully saturated rings. The van der Waals surface area contributed by atoms with Crippen LogP contribution in [0.1, 0.15) is 20.3 Å². The van der Waals surface area contributed by atoms with Gasteiger partial charge in [-0.15, -0.1) is 0 Å². The number of methoxy groups -OCH3 is 1. The number of nitrogens with one attached hydrogen (secondary N) is 1. The van der Waals surface area contributed by atoms with E-state index in [4.69, 9.17) is 22.1 Å².